The van der Waals surface area contributed by atoms with Gasteiger partial charge in [-0.15, -0.1) is 0 Å². The van der Waals surface area contributed by atoms with Crippen LogP contribution in [0.2, 0.25) is 0 Å². The van der Waals surface area contributed by atoms with Crippen LogP contribution >= 0.6 is 0 Å². The number of nitrogens with one attached hydrogen (secondary N) is 1. The first-order chi connectivity index (χ1) is 15.4. The van der Waals surface area contributed by atoms with E-state index in [2.05, 4.69) is 15.4 Å². The summed E-state index contributed by atoms with van der Waals surface area (Å²) in [7, 11) is 0. The van der Waals surface area contributed by atoms with Crippen LogP contribution in [0.3, 0.4) is 0 Å². The van der Waals surface area contributed by atoms with Gasteiger partial charge in [0.2, 0.25) is 0 Å². The molecule has 1 N–H and O–H groups in total. The van der Waals surface area contributed by atoms with Crippen molar-refractivity contribution < 1.29 is 18.0 Å². The zero-order chi connectivity index (χ0) is 22.3. The molecule has 0 spiro atoms. The molecule has 0 unspecified atom stereocenters. The number of carbonyl (C=O) groups is 1. The fourth-order valence-electron chi connectivity index (χ4n) is 4.41. The molecule has 2 atom stereocenters. The Morgan fingerprint density at radius 2 is 1.84 bits per heavy atom. The number of carbonyl (C=O) groups excluding carboxylic acids is 1. The minimum absolute atomic E-state index is 0.133. The number of ketones is 1. The molecule has 2 aliphatic heterocycles. The van der Waals surface area contributed by atoms with Gasteiger partial charge in [0, 0.05) is 25.0 Å². The quantitative estimate of drug-likeness (QED) is 0.510. The average Bonchev–Trinajstić information content (AvgIpc) is 3.40. The molecule has 2 aromatic carbocycles. The van der Waals surface area contributed by atoms with Crippen LogP contribution in [0.1, 0.15) is 52.8 Å². The molecule has 0 bridgehead atoms. The summed E-state index contributed by atoms with van der Waals surface area (Å²) in [4.78, 5) is 17.5. The molecule has 5 nitrogen and oxygen atoms in total. The Bertz CT molecular complexity index is 1180. The topological polar surface area (TPSA) is 59.3 Å². The van der Waals surface area contributed by atoms with E-state index >= 15 is 0 Å². The summed E-state index contributed by atoms with van der Waals surface area (Å²) in [6, 6.07) is 14.4. The van der Waals surface area contributed by atoms with Crippen molar-refractivity contribution in [1.82, 2.24) is 9.78 Å². The van der Waals surface area contributed by atoms with Crippen LogP contribution < -0.4 is 5.32 Å². The highest BCUT2D eigenvalue weighted by atomic mass is 19.4. The standard InChI is InChI=1S/C24H21F3N4O/c25-24(26,27)22-13-20(15-6-2-1-3-7-15)30-23-18(14-28-31(22)23)21(32)11-10-17-12-16-8-4-5-9-19(16)29-17/h1-9,14,20,22,30H,10-13H2/t20-,22+/m1/s1. The molecule has 0 saturated carbocycles. The third-order valence-electron chi connectivity index (χ3n) is 6.05. The predicted molar refractivity (Wildman–Crippen MR) is 116 cm³/mol. The molecule has 2 aliphatic rings. The molecule has 0 saturated heterocycles. The number of hydrogen-bond donors (Lipinski definition) is 1. The Morgan fingerprint density at radius 3 is 2.59 bits per heavy atom. The summed E-state index contributed by atoms with van der Waals surface area (Å²) < 4.78 is 42.3. The average molecular weight is 438 g/mol. The van der Waals surface area contributed by atoms with E-state index in [-0.39, 0.29) is 30.0 Å². The number of nitrogens with zero attached hydrogens (tertiary/aromatic N) is 3. The number of Topliss-reactive ketones (excluding diaryl/α,β-unsaturated/α-hetero) is 1. The minimum Gasteiger partial charge on any atom is -0.363 e. The lowest BCUT2D eigenvalue weighted by Gasteiger charge is -2.34. The first kappa shape index (κ1) is 20.5. The first-order valence-corrected chi connectivity index (χ1v) is 10.5. The highest BCUT2D eigenvalue weighted by Gasteiger charge is 2.47. The summed E-state index contributed by atoms with van der Waals surface area (Å²) in [6.07, 6.45) is -2.09. The number of para-hydroxylation sites is 1. The minimum atomic E-state index is -4.47. The van der Waals surface area contributed by atoms with Gasteiger partial charge in [-0.05, 0) is 23.6 Å². The van der Waals surface area contributed by atoms with E-state index in [0.29, 0.717) is 12.8 Å². The van der Waals surface area contributed by atoms with Crippen LogP contribution in [0.25, 0.3) is 0 Å². The molecular weight excluding hydrogens is 417 g/mol. The molecule has 32 heavy (non-hydrogen) atoms. The van der Waals surface area contributed by atoms with Gasteiger partial charge in [-0.1, -0.05) is 48.5 Å². The lowest BCUT2D eigenvalue weighted by Crippen LogP contribution is -2.36. The maximum Gasteiger partial charge on any atom is 0.410 e. The first-order valence-electron chi connectivity index (χ1n) is 10.5. The van der Waals surface area contributed by atoms with Gasteiger partial charge in [-0.25, -0.2) is 4.68 Å². The van der Waals surface area contributed by atoms with Gasteiger partial charge in [0.1, 0.15) is 5.82 Å². The summed E-state index contributed by atoms with van der Waals surface area (Å²) in [5, 5.41) is 7.09. The van der Waals surface area contributed by atoms with Crippen molar-refractivity contribution in [1.29, 1.82) is 0 Å². The number of fused-ring (bicyclic) bond motifs is 2. The number of anilines is 1. The van der Waals surface area contributed by atoms with Gasteiger partial charge >= 0.3 is 6.18 Å². The van der Waals surface area contributed by atoms with Gasteiger partial charge in [0.25, 0.3) is 0 Å². The second kappa shape index (κ2) is 7.93. The smallest absolute Gasteiger partial charge is 0.363 e. The van der Waals surface area contributed by atoms with Crippen LogP contribution in [-0.2, 0) is 6.42 Å². The number of halogens is 3. The van der Waals surface area contributed by atoms with Crippen molar-refractivity contribution in [2.75, 3.05) is 5.32 Å². The fourth-order valence-corrected chi connectivity index (χ4v) is 4.41. The SMILES string of the molecule is O=C(CCC1=Nc2ccccc2C1)c1cnn2c1N[C@@H](c1ccccc1)C[C@H]2C(F)(F)F. The molecule has 1 aromatic heterocycles. The van der Waals surface area contributed by atoms with Gasteiger partial charge in [-0.3, -0.25) is 9.79 Å². The highest BCUT2D eigenvalue weighted by Crippen LogP contribution is 2.44. The number of rotatable bonds is 5. The Labute approximate surface area is 183 Å². The second-order valence-corrected chi connectivity index (χ2v) is 8.16. The highest BCUT2D eigenvalue weighted by molar-refractivity contribution is 6.03. The molecule has 0 amide bonds. The molecule has 0 fully saturated rings. The van der Waals surface area contributed by atoms with E-state index in [1.807, 2.05) is 30.3 Å². The molecule has 3 heterocycles. The van der Waals surface area contributed by atoms with Crippen molar-refractivity contribution >= 4 is 23.0 Å². The number of hydrogen-bond acceptors (Lipinski definition) is 4. The van der Waals surface area contributed by atoms with Crippen LogP contribution in [0.5, 0.6) is 0 Å². The summed E-state index contributed by atoms with van der Waals surface area (Å²) in [5.74, 6) is -0.110. The monoisotopic (exact) mass is 438 g/mol. The number of aliphatic imine (C=N–C) groups is 1. The van der Waals surface area contributed by atoms with E-state index < -0.39 is 18.3 Å². The largest absolute Gasteiger partial charge is 0.410 e. The molecule has 8 heteroatoms. The maximum atomic E-state index is 13.8. The Morgan fingerprint density at radius 1 is 1.09 bits per heavy atom. The Hall–Kier alpha value is -3.42. The third kappa shape index (κ3) is 3.81. The maximum absolute atomic E-state index is 13.8. The lowest BCUT2D eigenvalue weighted by atomic mass is 9.96. The van der Waals surface area contributed by atoms with Gasteiger partial charge in [0.15, 0.2) is 11.8 Å². The Balaban J connectivity index is 1.37. The molecule has 5 rings (SSSR count). The normalized spacial score (nSPS) is 19.7. The van der Waals surface area contributed by atoms with E-state index in [1.54, 1.807) is 24.3 Å². The molecule has 0 radical (unpaired) electrons. The van der Waals surface area contributed by atoms with Crippen molar-refractivity contribution in [3.63, 3.8) is 0 Å². The van der Waals surface area contributed by atoms with E-state index in [4.69, 9.17) is 0 Å². The van der Waals surface area contributed by atoms with Gasteiger partial charge in [-0.2, -0.15) is 18.3 Å². The molecule has 0 aliphatic carbocycles. The van der Waals surface area contributed by atoms with E-state index in [9.17, 15) is 18.0 Å². The van der Waals surface area contributed by atoms with Crippen LogP contribution in [0.4, 0.5) is 24.7 Å². The zero-order valence-corrected chi connectivity index (χ0v) is 17.1. The second-order valence-electron chi connectivity index (χ2n) is 8.16. The van der Waals surface area contributed by atoms with Crippen molar-refractivity contribution in [3.8, 4) is 0 Å². The Kier molecular flexibility index (Phi) is 5.07. The third-order valence-corrected chi connectivity index (χ3v) is 6.05. The molecular formula is C24H21F3N4O. The van der Waals surface area contributed by atoms with Crippen LogP contribution in [-0.4, -0.2) is 27.5 Å². The zero-order valence-electron chi connectivity index (χ0n) is 17.1. The van der Waals surface area contributed by atoms with Crippen molar-refractivity contribution in [2.45, 2.75) is 43.9 Å². The van der Waals surface area contributed by atoms with Crippen molar-refractivity contribution in [2.24, 2.45) is 4.99 Å². The van der Waals surface area contributed by atoms with E-state index in [1.165, 1.54) is 6.20 Å². The molecule has 3 aromatic rings. The molecule has 164 valence electrons. The summed E-state index contributed by atoms with van der Waals surface area (Å²) >= 11 is 0. The number of aromatic nitrogens is 2. The van der Waals surface area contributed by atoms with Crippen molar-refractivity contribution in [3.05, 3.63) is 77.5 Å². The summed E-state index contributed by atoms with van der Waals surface area (Å²) in [5.41, 5.74) is 3.88. The van der Waals surface area contributed by atoms with Crippen LogP contribution in [0, 0.1) is 0 Å². The fraction of sp³-hybridized carbons (Fsp3) is 0.292. The predicted octanol–water partition coefficient (Wildman–Crippen LogP) is 5.84. The van der Waals surface area contributed by atoms with Gasteiger partial charge in [0.05, 0.1) is 23.5 Å². The number of benzene rings is 2. The number of alkyl halides is 3. The van der Waals surface area contributed by atoms with Gasteiger partial charge < -0.3 is 5.32 Å². The lowest BCUT2D eigenvalue weighted by molar-refractivity contribution is -0.173. The van der Waals surface area contributed by atoms with Crippen LogP contribution in [0.15, 0.2) is 65.8 Å². The summed E-state index contributed by atoms with van der Waals surface area (Å²) in [6.45, 7) is 0. The van der Waals surface area contributed by atoms with E-state index in [0.717, 1.165) is 27.2 Å².